The number of methoxy groups -OCH3 is 1. The van der Waals surface area contributed by atoms with Crippen molar-refractivity contribution in [2.75, 3.05) is 20.3 Å². The Morgan fingerprint density at radius 2 is 1.93 bits per heavy atom. The van der Waals surface area contributed by atoms with Crippen LogP contribution in [0.3, 0.4) is 0 Å². The lowest BCUT2D eigenvalue weighted by Crippen LogP contribution is -2.33. The summed E-state index contributed by atoms with van der Waals surface area (Å²) in [6.07, 6.45) is 1.70. The van der Waals surface area contributed by atoms with Crippen molar-refractivity contribution in [2.24, 2.45) is 0 Å². The maximum atomic E-state index is 13.0. The minimum Gasteiger partial charge on any atom is -0.508 e. The molecule has 1 aromatic carbocycles. The Morgan fingerprint density at radius 3 is 2.54 bits per heavy atom. The molecule has 2 aliphatic rings. The third kappa shape index (κ3) is 4.04. The van der Waals surface area contributed by atoms with Gasteiger partial charge in [0.15, 0.2) is 0 Å². The Morgan fingerprint density at radius 1 is 1.21 bits per heavy atom. The highest BCUT2D eigenvalue weighted by Gasteiger charge is 2.38. The Hall–Kier alpha value is -2.80. The zero-order valence-electron chi connectivity index (χ0n) is 16.3. The number of aromatic hydroxyl groups is 1. The molecular formula is C21H25NO6. The summed E-state index contributed by atoms with van der Waals surface area (Å²) in [5.41, 5.74) is 2.41. The minimum atomic E-state index is -0.710. The number of allylic oxidation sites excluding steroid dienone is 2. The summed E-state index contributed by atoms with van der Waals surface area (Å²) in [4.78, 5) is 25.5. The van der Waals surface area contributed by atoms with Crippen LogP contribution >= 0.6 is 0 Å². The normalized spacial score (nSPS) is 22.1. The van der Waals surface area contributed by atoms with Crippen LogP contribution in [0.15, 0.2) is 46.8 Å². The van der Waals surface area contributed by atoms with E-state index in [9.17, 15) is 14.7 Å². The number of esters is 2. The van der Waals surface area contributed by atoms with Crippen LogP contribution in [0.2, 0.25) is 0 Å². The van der Waals surface area contributed by atoms with Crippen LogP contribution in [-0.2, 0) is 23.8 Å². The Balaban J connectivity index is 1.98. The molecule has 0 aliphatic carbocycles. The lowest BCUT2D eigenvalue weighted by Gasteiger charge is -2.30. The average molecular weight is 387 g/mol. The molecule has 0 amide bonds. The van der Waals surface area contributed by atoms with Crippen molar-refractivity contribution in [2.45, 2.75) is 38.7 Å². The van der Waals surface area contributed by atoms with Crippen LogP contribution in [-0.4, -0.2) is 43.5 Å². The molecule has 7 nitrogen and oxygen atoms in total. The first kappa shape index (κ1) is 19.9. The van der Waals surface area contributed by atoms with Gasteiger partial charge in [0.2, 0.25) is 0 Å². The fourth-order valence-electron chi connectivity index (χ4n) is 3.70. The number of hydrogen-bond donors (Lipinski definition) is 2. The van der Waals surface area contributed by atoms with Crippen LogP contribution in [0.25, 0.3) is 0 Å². The summed E-state index contributed by atoms with van der Waals surface area (Å²) in [7, 11) is 1.29. The van der Waals surface area contributed by atoms with Gasteiger partial charge in [-0.2, -0.15) is 0 Å². The second kappa shape index (κ2) is 8.48. The van der Waals surface area contributed by atoms with E-state index in [-0.39, 0.29) is 18.5 Å². The Bertz CT molecular complexity index is 835. The summed E-state index contributed by atoms with van der Waals surface area (Å²) in [6.45, 7) is 4.35. The van der Waals surface area contributed by atoms with Crippen molar-refractivity contribution in [3.05, 3.63) is 52.4 Å². The van der Waals surface area contributed by atoms with E-state index in [2.05, 4.69) is 5.32 Å². The summed E-state index contributed by atoms with van der Waals surface area (Å²) < 4.78 is 16.0. The van der Waals surface area contributed by atoms with Gasteiger partial charge in [0.1, 0.15) is 12.4 Å². The van der Waals surface area contributed by atoms with Gasteiger partial charge in [-0.1, -0.05) is 12.1 Å². The van der Waals surface area contributed by atoms with Crippen LogP contribution in [0.4, 0.5) is 0 Å². The number of nitrogens with one attached hydrogen (secondary N) is 1. The number of rotatable bonds is 5. The standard InChI is InChI=1S/C21H25NO6/c1-12-17(20(24)26-3)19(14-6-4-7-15(23)10-14)18(13(2)22-12)21(25)28-11-16-8-5-9-27-16/h4,6-7,10,16,19,22-23H,5,8-9,11H2,1-3H3. The molecule has 2 aliphatic heterocycles. The predicted octanol–water partition coefficient (Wildman–Crippen LogP) is 2.52. The topological polar surface area (TPSA) is 94.1 Å². The number of phenolic OH excluding ortho intramolecular Hbond substituents is 1. The average Bonchev–Trinajstić information content (AvgIpc) is 3.18. The van der Waals surface area contributed by atoms with Gasteiger partial charge < -0.3 is 24.6 Å². The highest BCUT2D eigenvalue weighted by atomic mass is 16.6. The molecule has 0 spiro atoms. The number of ether oxygens (including phenoxy) is 3. The minimum absolute atomic E-state index is 0.0441. The molecule has 28 heavy (non-hydrogen) atoms. The lowest BCUT2D eigenvalue weighted by molar-refractivity contribution is -0.142. The fourth-order valence-corrected chi connectivity index (χ4v) is 3.70. The maximum Gasteiger partial charge on any atom is 0.336 e. The smallest absolute Gasteiger partial charge is 0.336 e. The molecule has 3 rings (SSSR count). The van der Waals surface area contributed by atoms with E-state index in [1.807, 2.05) is 0 Å². The van der Waals surface area contributed by atoms with Gasteiger partial charge in [0, 0.05) is 18.0 Å². The second-order valence-electron chi connectivity index (χ2n) is 6.96. The van der Waals surface area contributed by atoms with Crippen LogP contribution in [0.1, 0.15) is 38.2 Å². The first-order valence-corrected chi connectivity index (χ1v) is 9.27. The number of carbonyl (C=O) groups is 2. The van der Waals surface area contributed by atoms with Crippen molar-refractivity contribution in [3.8, 4) is 5.75 Å². The third-order valence-electron chi connectivity index (χ3n) is 5.01. The fraction of sp³-hybridized carbons (Fsp3) is 0.429. The molecule has 2 heterocycles. The number of dihydropyridines is 1. The van der Waals surface area contributed by atoms with Crippen LogP contribution < -0.4 is 5.32 Å². The maximum absolute atomic E-state index is 13.0. The lowest BCUT2D eigenvalue weighted by atomic mass is 9.80. The molecule has 1 fully saturated rings. The van der Waals surface area contributed by atoms with Crippen molar-refractivity contribution in [1.82, 2.24) is 5.32 Å². The van der Waals surface area contributed by atoms with E-state index >= 15 is 0 Å². The molecule has 1 aromatic rings. The molecular weight excluding hydrogens is 362 g/mol. The number of phenols is 1. The van der Waals surface area contributed by atoms with Gasteiger partial charge in [-0.15, -0.1) is 0 Å². The van der Waals surface area contributed by atoms with E-state index in [0.29, 0.717) is 34.7 Å². The van der Waals surface area contributed by atoms with E-state index in [1.165, 1.54) is 19.2 Å². The van der Waals surface area contributed by atoms with Crippen molar-refractivity contribution in [3.63, 3.8) is 0 Å². The van der Waals surface area contributed by atoms with Crippen LogP contribution in [0.5, 0.6) is 5.75 Å². The van der Waals surface area contributed by atoms with Gasteiger partial charge in [-0.05, 0) is 44.4 Å². The zero-order valence-corrected chi connectivity index (χ0v) is 16.3. The van der Waals surface area contributed by atoms with Crippen LogP contribution in [0, 0.1) is 0 Å². The first-order chi connectivity index (χ1) is 13.4. The number of benzene rings is 1. The monoisotopic (exact) mass is 387 g/mol. The largest absolute Gasteiger partial charge is 0.508 e. The van der Waals surface area contributed by atoms with Crippen molar-refractivity contribution in [1.29, 1.82) is 0 Å². The molecule has 1 saturated heterocycles. The Kier molecular flexibility index (Phi) is 6.04. The summed E-state index contributed by atoms with van der Waals surface area (Å²) >= 11 is 0. The van der Waals surface area contributed by atoms with E-state index in [4.69, 9.17) is 14.2 Å². The third-order valence-corrected chi connectivity index (χ3v) is 5.01. The highest BCUT2D eigenvalue weighted by Crippen LogP contribution is 2.40. The molecule has 2 unspecified atom stereocenters. The second-order valence-corrected chi connectivity index (χ2v) is 6.96. The number of carbonyl (C=O) groups excluding carboxylic acids is 2. The van der Waals surface area contributed by atoms with E-state index < -0.39 is 17.9 Å². The molecule has 150 valence electrons. The van der Waals surface area contributed by atoms with E-state index in [0.717, 1.165) is 12.8 Å². The summed E-state index contributed by atoms with van der Waals surface area (Å²) in [5, 5.41) is 13.0. The summed E-state index contributed by atoms with van der Waals surface area (Å²) in [6, 6.07) is 6.49. The van der Waals surface area contributed by atoms with Crippen molar-refractivity contribution >= 4 is 11.9 Å². The van der Waals surface area contributed by atoms with Gasteiger partial charge in [-0.25, -0.2) is 9.59 Å². The summed E-state index contributed by atoms with van der Waals surface area (Å²) in [5.74, 6) is -1.74. The SMILES string of the molecule is COC(=O)C1=C(C)NC(C)=C(C(=O)OCC2CCCO2)C1c1cccc(O)c1. The van der Waals surface area contributed by atoms with Crippen molar-refractivity contribution < 1.29 is 28.9 Å². The van der Waals surface area contributed by atoms with Gasteiger partial charge in [0.25, 0.3) is 0 Å². The molecule has 2 atom stereocenters. The molecule has 0 radical (unpaired) electrons. The molecule has 7 heteroatoms. The van der Waals surface area contributed by atoms with Gasteiger partial charge in [-0.3, -0.25) is 0 Å². The van der Waals surface area contributed by atoms with Gasteiger partial charge in [0.05, 0.1) is 30.3 Å². The first-order valence-electron chi connectivity index (χ1n) is 9.27. The quantitative estimate of drug-likeness (QED) is 0.750. The highest BCUT2D eigenvalue weighted by molar-refractivity contribution is 5.99. The van der Waals surface area contributed by atoms with Gasteiger partial charge >= 0.3 is 11.9 Å². The van der Waals surface area contributed by atoms with E-state index in [1.54, 1.807) is 26.0 Å². The molecule has 0 aromatic heterocycles. The molecule has 0 saturated carbocycles. The Labute approximate surface area is 164 Å². The number of hydrogen-bond acceptors (Lipinski definition) is 7. The predicted molar refractivity (Wildman–Crippen MR) is 101 cm³/mol. The molecule has 0 bridgehead atoms. The molecule has 2 N–H and O–H groups in total. The zero-order chi connectivity index (χ0) is 20.3.